The Labute approximate surface area is 173 Å². The van der Waals surface area contributed by atoms with Crippen molar-refractivity contribution in [1.29, 1.82) is 5.26 Å². The molecule has 0 aliphatic carbocycles. The van der Waals surface area contributed by atoms with Crippen LogP contribution in [0.2, 0.25) is 0 Å². The minimum Gasteiger partial charge on any atom is -0.344 e. The van der Waals surface area contributed by atoms with Gasteiger partial charge in [-0.05, 0) is 44.0 Å². The van der Waals surface area contributed by atoms with E-state index in [1.54, 1.807) is 23.2 Å². The molecule has 1 atom stereocenters. The number of hydrogen-bond donors (Lipinski definition) is 0. The number of anilines is 1. The van der Waals surface area contributed by atoms with Crippen LogP contribution in [-0.4, -0.2) is 33.5 Å². The highest BCUT2D eigenvalue weighted by atomic mass is 19.3. The number of nitrogens with zero attached hydrogens (tertiary/aromatic N) is 6. The lowest BCUT2D eigenvalue weighted by Crippen LogP contribution is -2.56. The highest BCUT2D eigenvalue weighted by molar-refractivity contribution is 5.80. The van der Waals surface area contributed by atoms with Gasteiger partial charge in [0, 0.05) is 12.4 Å². The minimum absolute atomic E-state index is 0.230. The molecule has 0 spiro atoms. The van der Waals surface area contributed by atoms with Gasteiger partial charge in [0.15, 0.2) is 5.49 Å². The maximum Gasteiger partial charge on any atom is 0.282 e. The van der Waals surface area contributed by atoms with Crippen molar-refractivity contribution in [2.24, 2.45) is 12.0 Å². The molecule has 3 heterocycles. The molecule has 8 heteroatoms. The van der Waals surface area contributed by atoms with Gasteiger partial charge in [-0.15, -0.1) is 0 Å². The van der Waals surface area contributed by atoms with E-state index in [-0.39, 0.29) is 19.1 Å². The molecular formula is C22H22F2N6. The first-order valence-electron chi connectivity index (χ1n) is 9.70. The average Bonchev–Trinajstić information content (AvgIpc) is 2.69. The molecule has 0 radical (unpaired) electrons. The van der Waals surface area contributed by atoms with Crippen molar-refractivity contribution in [3.8, 4) is 6.07 Å². The molecule has 1 fully saturated rings. The van der Waals surface area contributed by atoms with Crippen molar-refractivity contribution in [2.45, 2.75) is 32.7 Å². The number of rotatable bonds is 3. The van der Waals surface area contributed by atoms with E-state index in [9.17, 15) is 14.0 Å². The molecule has 1 aromatic carbocycles. The predicted molar refractivity (Wildman–Crippen MR) is 110 cm³/mol. The third kappa shape index (κ3) is 3.41. The lowest BCUT2D eigenvalue weighted by Gasteiger charge is -2.39. The molecule has 2 aromatic heterocycles. The van der Waals surface area contributed by atoms with Crippen LogP contribution in [0, 0.1) is 25.2 Å². The summed E-state index contributed by atoms with van der Waals surface area (Å²) in [5.74, 6) is -1.41. The lowest BCUT2D eigenvalue weighted by atomic mass is 9.98. The van der Waals surface area contributed by atoms with E-state index >= 15 is 0 Å². The molecule has 154 valence electrons. The molecule has 0 amide bonds. The first kappa shape index (κ1) is 20.0. The van der Waals surface area contributed by atoms with E-state index in [2.05, 4.69) is 16.0 Å². The summed E-state index contributed by atoms with van der Waals surface area (Å²) in [4.78, 5) is 15.4. The number of alkyl halides is 2. The quantitative estimate of drug-likeness (QED) is 0.664. The van der Waals surface area contributed by atoms with Gasteiger partial charge in [-0.1, -0.05) is 12.1 Å². The van der Waals surface area contributed by atoms with Gasteiger partial charge in [-0.2, -0.15) is 5.26 Å². The zero-order valence-corrected chi connectivity index (χ0v) is 17.3. The summed E-state index contributed by atoms with van der Waals surface area (Å²) in [7, 11) is 1.89. The Morgan fingerprint density at radius 3 is 2.67 bits per heavy atom. The number of aromatic nitrogens is 3. The maximum absolute atomic E-state index is 13.3. The third-order valence-corrected chi connectivity index (χ3v) is 5.65. The fourth-order valence-corrected chi connectivity index (χ4v) is 3.77. The van der Waals surface area contributed by atoms with Crippen LogP contribution in [0.15, 0.2) is 35.5 Å². The Morgan fingerprint density at radius 1 is 1.27 bits per heavy atom. The van der Waals surface area contributed by atoms with Crippen LogP contribution in [0.1, 0.15) is 35.5 Å². The summed E-state index contributed by atoms with van der Waals surface area (Å²) in [5.41, 5.74) is 3.82. The zero-order valence-electron chi connectivity index (χ0n) is 17.3. The summed E-state index contributed by atoms with van der Waals surface area (Å²) in [5, 5.41) is 10.1. The molecule has 1 aliphatic heterocycles. The van der Waals surface area contributed by atoms with Gasteiger partial charge < -0.3 is 9.47 Å². The first-order chi connectivity index (χ1) is 14.2. The molecule has 1 saturated heterocycles. The molecule has 0 N–H and O–H groups in total. The number of hydrogen-bond acceptors (Lipinski definition) is 5. The number of benzene rings is 1. The predicted octanol–water partition coefficient (Wildman–Crippen LogP) is 3.57. The highest BCUT2D eigenvalue weighted by Gasteiger charge is 2.44. The second-order valence-corrected chi connectivity index (χ2v) is 7.75. The summed E-state index contributed by atoms with van der Waals surface area (Å²) >= 11 is 0. The van der Waals surface area contributed by atoms with Crippen LogP contribution in [0.3, 0.4) is 0 Å². The molecule has 0 bridgehead atoms. The second-order valence-electron chi connectivity index (χ2n) is 7.75. The molecule has 1 aliphatic rings. The summed E-state index contributed by atoms with van der Waals surface area (Å²) in [6, 6.07) is 9.34. The monoisotopic (exact) mass is 408 g/mol. The van der Waals surface area contributed by atoms with Gasteiger partial charge in [-0.25, -0.2) is 18.7 Å². The smallest absolute Gasteiger partial charge is 0.282 e. The topological polar surface area (TPSA) is 70.1 Å². The highest BCUT2D eigenvalue weighted by Crippen LogP contribution is 2.31. The lowest BCUT2D eigenvalue weighted by molar-refractivity contribution is -0.0266. The number of aryl methyl sites for hydroxylation is 2. The van der Waals surface area contributed by atoms with Gasteiger partial charge >= 0.3 is 0 Å². The van der Waals surface area contributed by atoms with Crippen LogP contribution in [0.5, 0.6) is 0 Å². The molecule has 4 rings (SSSR count). The number of nitriles is 1. The standard InChI is InChI=1S/C22H22F2N6/c1-13-16(9-25)6-5-7-17(13)14(2)27-21-18-8-20(30-11-22(23,24)12-30)26-10-19(18)29(4)15(3)28-21/h5-8,10,14H,11-12H2,1-4H3/b27-21-/t14-/m1/s1. The minimum atomic E-state index is -2.67. The first-order valence-corrected chi connectivity index (χ1v) is 9.70. The van der Waals surface area contributed by atoms with Crippen LogP contribution >= 0.6 is 0 Å². The molecule has 30 heavy (non-hydrogen) atoms. The van der Waals surface area contributed by atoms with Crippen LogP contribution in [-0.2, 0) is 7.05 Å². The second kappa shape index (κ2) is 7.17. The zero-order chi connectivity index (χ0) is 21.6. The normalized spacial score (nSPS) is 17.0. The van der Waals surface area contributed by atoms with E-state index in [1.165, 1.54) is 0 Å². The molecule has 6 nitrogen and oxygen atoms in total. The maximum atomic E-state index is 13.3. The van der Waals surface area contributed by atoms with Gasteiger partial charge in [0.25, 0.3) is 5.92 Å². The van der Waals surface area contributed by atoms with Gasteiger partial charge in [0.1, 0.15) is 11.6 Å². The van der Waals surface area contributed by atoms with Crippen molar-refractivity contribution in [3.63, 3.8) is 0 Å². The number of halogens is 2. The summed E-state index contributed by atoms with van der Waals surface area (Å²) in [6.07, 6.45) is 1.68. The Kier molecular flexibility index (Phi) is 4.77. The molecule has 3 aromatic rings. The average molecular weight is 408 g/mol. The van der Waals surface area contributed by atoms with Gasteiger partial charge in [0.2, 0.25) is 0 Å². The Hall–Kier alpha value is -3.34. The SMILES string of the molecule is Cc1c(C#N)cccc1[C@@H](C)/N=c1\nc(C)n(C)c2cnc(N3CC(F)(F)C3)cc12. The fraction of sp³-hybridized carbons (Fsp3) is 0.364. The van der Waals surface area contributed by atoms with Crippen molar-refractivity contribution in [3.05, 3.63) is 58.5 Å². The van der Waals surface area contributed by atoms with Crippen LogP contribution < -0.4 is 10.4 Å². The Morgan fingerprint density at radius 2 is 2.00 bits per heavy atom. The van der Waals surface area contributed by atoms with Gasteiger partial charge in [-0.3, -0.25) is 4.99 Å². The van der Waals surface area contributed by atoms with E-state index in [0.29, 0.717) is 16.9 Å². The van der Waals surface area contributed by atoms with E-state index in [0.717, 1.165) is 27.9 Å². The largest absolute Gasteiger partial charge is 0.344 e. The number of fused-ring (bicyclic) bond motifs is 1. The van der Waals surface area contributed by atoms with Crippen LogP contribution in [0.25, 0.3) is 10.9 Å². The Bertz CT molecular complexity index is 1250. The third-order valence-electron chi connectivity index (χ3n) is 5.65. The molecule has 0 saturated carbocycles. The van der Waals surface area contributed by atoms with Gasteiger partial charge in [0.05, 0.1) is 42.5 Å². The van der Waals surface area contributed by atoms with Crippen molar-refractivity contribution < 1.29 is 8.78 Å². The Balaban J connectivity index is 1.85. The van der Waals surface area contributed by atoms with E-state index in [1.807, 2.05) is 44.5 Å². The molecular weight excluding hydrogens is 386 g/mol. The van der Waals surface area contributed by atoms with Crippen molar-refractivity contribution >= 4 is 16.7 Å². The fourth-order valence-electron chi connectivity index (χ4n) is 3.77. The van der Waals surface area contributed by atoms with Crippen molar-refractivity contribution in [2.75, 3.05) is 18.0 Å². The van der Waals surface area contributed by atoms with E-state index in [4.69, 9.17) is 4.99 Å². The summed E-state index contributed by atoms with van der Waals surface area (Å²) in [6.45, 7) is 5.08. The number of pyridine rings is 1. The summed E-state index contributed by atoms with van der Waals surface area (Å²) < 4.78 is 28.5. The van der Waals surface area contributed by atoms with Crippen molar-refractivity contribution in [1.82, 2.24) is 14.5 Å². The molecule has 0 unspecified atom stereocenters. The van der Waals surface area contributed by atoms with Crippen LogP contribution in [0.4, 0.5) is 14.6 Å². The van der Waals surface area contributed by atoms with E-state index < -0.39 is 5.92 Å².